The number of aromatic amines is 2. The number of fused-ring (bicyclic) bond motifs is 1. The first-order valence-corrected chi connectivity index (χ1v) is 6.44. The molecular formula is C14H11ClN2O3. The number of furan rings is 1. The van der Waals surface area contributed by atoms with Crippen LogP contribution in [0.1, 0.15) is 22.3 Å². The lowest BCUT2D eigenvalue weighted by Gasteiger charge is -2.09. The van der Waals surface area contributed by atoms with E-state index in [9.17, 15) is 9.59 Å². The minimum absolute atomic E-state index is 0.454. The van der Waals surface area contributed by atoms with Gasteiger partial charge in [-0.2, -0.15) is 0 Å². The van der Waals surface area contributed by atoms with Crippen LogP contribution in [-0.2, 0) is 0 Å². The molecule has 102 valence electrons. The molecule has 0 saturated carbocycles. The Morgan fingerprint density at radius 3 is 2.45 bits per heavy atom. The second kappa shape index (κ2) is 4.68. The molecule has 2 N–H and O–H groups in total. The van der Waals surface area contributed by atoms with E-state index in [4.69, 9.17) is 16.0 Å². The number of hydrogen-bond acceptors (Lipinski definition) is 3. The first-order chi connectivity index (χ1) is 9.56. The second-order valence-corrected chi connectivity index (χ2v) is 4.98. The van der Waals surface area contributed by atoms with E-state index in [2.05, 4.69) is 9.97 Å². The van der Waals surface area contributed by atoms with Crippen molar-refractivity contribution >= 4 is 22.6 Å². The third kappa shape index (κ3) is 2.06. The Bertz CT molecular complexity index is 891. The molecule has 3 rings (SSSR count). The van der Waals surface area contributed by atoms with Crippen LogP contribution in [-0.4, -0.2) is 9.97 Å². The summed E-state index contributed by atoms with van der Waals surface area (Å²) in [5.41, 5.74) is 1.46. The maximum atomic E-state index is 11.3. The van der Waals surface area contributed by atoms with E-state index in [1.54, 1.807) is 24.5 Å². The molecule has 0 amide bonds. The lowest BCUT2D eigenvalue weighted by molar-refractivity contribution is 0.513. The van der Waals surface area contributed by atoms with Gasteiger partial charge in [0.05, 0.1) is 17.3 Å². The topological polar surface area (TPSA) is 78.9 Å². The Kier molecular flexibility index (Phi) is 2.99. The molecule has 2 heterocycles. The van der Waals surface area contributed by atoms with Crippen molar-refractivity contribution in [2.45, 2.75) is 12.3 Å². The molecule has 1 atom stereocenters. The van der Waals surface area contributed by atoms with E-state index in [0.29, 0.717) is 16.8 Å². The summed E-state index contributed by atoms with van der Waals surface area (Å²) in [6.45, 7) is 1.91. The predicted molar refractivity (Wildman–Crippen MR) is 76.3 cm³/mol. The zero-order valence-corrected chi connectivity index (χ0v) is 11.3. The van der Waals surface area contributed by atoms with Gasteiger partial charge in [0.25, 0.3) is 0 Å². The molecule has 0 radical (unpaired) electrons. The molecule has 0 aliphatic heterocycles. The molecule has 0 aliphatic carbocycles. The van der Waals surface area contributed by atoms with Gasteiger partial charge in [-0.05, 0) is 36.2 Å². The number of rotatable bonds is 2. The fourth-order valence-electron chi connectivity index (χ4n) is 2.09. The minimum atomic E-state index is -0.685. The SMILES string of the molecule is Cc1ccoc1C(Cl)c1ccc2[nH]c(=O)c(=O)[nH]c2c1. The molecule has 6 heteroatoms. The van der Waals surface area contributed by atoms with Crippen LogP contribution in [0.2, 0.25) is 0 Å². The van der Waals surface area contributed by atoms with Crippen LogP contribution in [0.4, 0.5) is 0 Å². The zero-order valence-electron chi connectivity index (χ0n) is 10.6. The molecule has 0 bridgehead atoms. The van der Waals surface area contributed by atoms with Crippen LogP contribution in [0.3, 0.4) is 0 Å². The van der Waals surface area contributed by atoms with Gasteiger partial charge in [0.2, 0.25) is 0 Å². The molecular weight excluding hydrogens is 280 g/mol. The predicted octanol–water partition coefficient (Wildman–Crippen LogP) is 2.45. The molecule has 20 heavy (non-hydrogen) atoms. The zero-order chi connectivity index (χ0) is 14.3. The van der Waals surface area contributed by atoms with Crippen molar-refractivity contribution in [2.75, 3.05) is 0 Å². The average Bonchev–Trinajstić information content (AvgIpc) is 2.85. The monoisotopic (exact) mass is 290 g/mol. The van der Waals surface area contributed by atoms with Gasteiger partial charge in [0.1, 0.15) is 11.1 Å². The van der Waals surface area contributed by atoms with Gasteiger partial charge in [-0.3, -0.25) is 9.59 Å². The summed E-state index contributed by atoms with van der Waals surface area (Å²) in [4.78, 5) is 27.6. The van der Waals surface area contributed by atoms with Crippen molar-refractivity contribution in [3.63, 3.8) is 0 Å². The Morgan fingerprint density at radius 2 is 1.80 bits per heavy atom. The van der Waals surface area contributed by atoms with Crippen LogP contribution in [0, 0.1) is 6.92 Å². The summed E-state index contributed by atoms with van der Waals surface area (Å²) in [6.07, 6.45) is 1.58. The molecule has 0 fully saturated rings. The number of benzene rings is 1. The number of aryl methyl sites for hydroxylation is 1. The van der Waals surface area contributed by atoms with Gasteiger partial charge in [-0.15, -0.1) is 11.6 Å². The second-order valence-electron chi connectivity index (χ2n) is 4.54. The number of hydrogen-bond donors (Lipinski definition) is 2. The van der Waals surface area contributed by atoms with Crippen LogP contribution in [0.5, 0.6) is 0 Å². The maximum absolute atomic E-state index is 11.3. The van der Waals surface area contributed by atoms with Crippen LogP contribution < -0.4 is 11.1 Å². The molecule has 0 aliphatic rings. The van der Waals surface area contributed by atoms with E-state index >= 15 is 0 Å². The van der Waals surface area contributed by atoms with Crippen molar-refractivity contribution in [2.24, 2.45) is 0 Å². The smallest absolute Gasteiger partial charge is 0.314 e. The Hall–Kier alpha value is -2.27. The average molecular weight is 291 g/mol. The fraction of sp³-hybridized carbons (Fsp3) is 0.143. The Balaban J connectivity index is 2.14. The van der Waals surface area contributed by atoms with E-state index in [0.717, 1.165) is 11.1 Å². The van der Waals surface area contributed by atoms with Gasteiger partial charge >= 0.3 is 11.1 Å². The lowest BCUT2D eigenvalue weighted by Crippen LogP contribution is -2.28. The molecule has 1 unspecified atom stereocenters. The first-order valence-electron chi connectivity index (χ1n) is 6.00. The fourth-order valence-corrected chi connectivity index (χ4v) is 2.44. The number of halogens is 1. The highest BCUT2D eigenvalue weighted by Crippen LogP contribution is 2.32. The van der Waals surface area contributed by atoms with Gasteiger partial charge in [-0.1, -0.05) is 6.07 Å². The van der Waals surface area contributed by atoms with Crippen molar-refractivity contribution in [3.05, 3.63) is 68.1 Å². The standard InChI is InChI=1S/C14H11ClN2O3/c1-7-4-5-20-12(7)11(15)8-2-3-9-10(6-8)17-14(19)13(18)16-9/h2-6,11H,1H3,(H,16,18)(H,17,19). The summed E-state index contributed by atoms with van der Waals surface area (Å²) in [5, 5.41) is -0.454. The van der Waals surface area contributed by atoms with E-state index in [-0.39, 0.29) is 0 Å². The van der Waals surface area contributed by atoms with Crippen LogP contribution >= 0.6 is 11.6 Å². The highest BCUT2D eigenvalue weighted by molar-refractivity contribution is 6.22. The maximum Gasteiger partial charge on any atom is 0.314 e. The summed E-state index contributed by atoms with van der Waals surface area (Å²) >= 11 is 6.39. The number of aromatic nitrogens is 2. The van der Waals surface area contributed by atoms with Gasteiger partial charge in [0.15, 0.2) is 0 Å². The van der Waals surface area contributed by atoms with Gasteiger partial charge in [-0.25, -0.2) is 0 Å². The van der Waals surface area contributed by atoms with Gasteiger partial charge < -0.3 is 14.4 Å². The molecule has 3 aromatic rings. The summed E-state index contributed by atoms with van der Waals surface area (Å²) in [7, 11) is 0. The minimum Gasteiger partial charge on any atom is -0.467 e. The quantitative estimate of drug-likeness (QED) is 0.562. The largest absolute Gasteiger partial charge is 0.467 e. The van der Waals surface area contributed by atoms with E-state index < -0.39 is 16.5 Å². The lowest BCUT2D eigenvalue weighted by atomic mass is 10.1. The normalized spacial score (nSPS) is 12.7. The number of nitrogens with one attached hydrogen (secondary N) is 2. The van der Waals surface area contributed by atoms with Crippen molar-refractivity contribution in [1.82, 2.24) is 9.97 Å². The van der Waals surface area contributed by atoms with E-state index in [1.807, 2.05) is 13.0 Å². The van der Waals surface area contributed by atoms with Crippen LogP contribution in [0.25, 0.3) is 11.0 Å². The van der Waals surface area contributed by atoms with Crippen LogP contribution in [0.15, 0.2) is 44.5 Å². The number of H-pyrrole nitrogens is 2. The van der Waals surface area contributed by atoms with Crippen molar-refractivity contribution < 1.29 is 4.42 Å². The Labute approximate surface area is 118 Å². The molecule has 1 aromatic carbocycles. The Morgan fingerprint density at radius 1 is 1.10 bits per heavy atom. The molecule has 0 saturated heterocycles. The third-order valence-corrected chi connectivity index (χ3v) is 3.62. The summed E-state index contributed by atoms with van der Waals surface area (Å²) < 4.78 is 5.37. The van der Waals surface area contributed by atoms with Crippen molar-refractivity contribution in [1.29, 1.82) is 0 Å². The summed E-state index contributed by atoms with van der Waals surface area (Å²) in [5.74, 6) is 0.665. The summed E-state index contributed by atoms with van der Waals surface area (Å²) in [6, 6.07) is 7.06. The van der Waals surface area contributed by atoms with Crippen molar-refractivity contribution in [3.8, 4) is 0 Å². The molecule has 5 nitrogen and oxygen atoms in total. The molecule has 2 aromatic heterocycles. The highest BCUT2D eigenvalue weighted by atomic mass is 35.5. The highest BCUT2D eigenvalue weighted by Gasteiger charge is 2.17. The number of alkyl halides is 1. The molecule has 0 spiro atoms. The first kappa shape index (κ1) is 12.7. The van der Waals surface area contributed by atoms with E-state index in [1.165, 1.54) is 0 Å². The van der Waals surface area contributed by atoms with Gasteiger partial charge in [0, 0.05) is 0 Å². The third-order valence-electron chi connectivity index (χ3n) is 3.17.